The van der Waals surface area contributed by atoms with Crippen molar-refractivity contribution >= 4 is 29.5 Å². The van der Waals surface area contributed by atoms with Crippen LogP contribution in [-0.2, 0) is 25.9 Å². The second kappa shape index (κ2) is 13.8. The number of esters is 1. The van der Waals surface area contributed by atoms with Crippen molar-refractivity contribution in [3.63, 3.8) is 0 Å². The highest BCUT2D eigenvalue weighted by atomic mass is 19.4. The topological polar surface area (TPSA) is 138 Å². The van der Waals surface area contributed by atoms with Gasteiger partial charge < -0.3 is 15.0 Å². The molecule has 0 radical (unpaired) electrons. The number of rotatable bonds is 9. The molecule has 0 aliphatic carbocycles. The minimum atomic E-state index is -4.76. The third-order valence-corrected chi connectivity index (χ3v) is 8.51. The van der Waals surface area contributed by atoms with Gasteiger partial charge in [-0.3, -0.25) is 24.1 Å². The van der Waals surface area contributed by atoms with E-state index in [1.807, 2.05) is 6.07 Å². The van der Waals surface area contributed by atoms with Gasteiger partial charge in [0, 0.05) is 17.7 Å². The molecule has 5 rings (SSSR count). The number of ether oxygens (including phenoxy) is 1. The van der Waals surface area contributed by atoms with E-state index >= 15 is 0 Å². The molecule has 0 saturated heterocycles. The number of aromatic nitrogens is 2. The molecule has 1 N–H and O–H groups in total. The average molecular weight is 691 g/mol. The quantitative estimate of drug-likeness (QED) is 0.154. The fourth-order valence-corrected chi connectivity index (χ4v) is 6.01. The molecule has 258 valence electrons. The summed E-state index contributed by atoms with van der Waals surface area (Å²) in [6.45, 7) is 1.95. The second-order valence-electron chi connectivity index (χ2n) is 11.5. The van der Waals surface area contributed by atoms with Gasteiger partial charge in [0.25, 0.3) is 17.7 Å². The number of para-hydroxylation sites is 1. The number of benzene rings is 3. The van der Waals surface area contributed by atoms with E-state index < -0.39 is 71.4 Å². The maximum Gasteiger partial charge on any atom is 0.416 e. The van der Waals surface area contributed by atoms with Crippen LogP contribution in [0.2, 0.25) is 0 Å². The number of halogens is 4. The zero-order valence-electron chi connectivity index (χ0n) is 27.0. The summed E-state index contributed by atoms with van der Waals surface area (Å²) in [6.07, 6.45) is -4.76. The Morgan fingerprint density at radius 3 is 2.34 bits per heavy atom. The average Bonchev–Trinajstić information content (AvgIpc) is 3.51. The minimum absolute atomic E-state index is 0.0164. The maximum absolute atomic E-state index is 14.6. The van der Waals surface area contributed by atoms with Crippen molar-refractivity contribution < 1.29 is 41.5 Å². The molecule has 2 atom stereocenters. The molecule has 0 bridgehead atoms. The second-order valence-corrected chi connectivity index (χ2v) is 11.5. The first-order chi connectivity index (χ1) is 23.8. The molecule has 3 aromatic carbocycles. The van der Waals surface area contributed by atoms with Crippen molar-refractivity contribution in [2.75, 3.05) is 31.6 Å². The van der Waals surface area contributed by atoms with Crippen molar-refractivity contribution in [3.8, 4) is 11.8 Å². The van der Waals surface area contributed by atoms with Crippen molar-refractivity contribution in [3.05, 3.63) is 113 Å². The Kier molecular flexibility index (Phi) is 9.75. The number of nitrogens with one attached hydrogen (secondary N) is 1. The first kappa shape index (κ1) is 35.3. The number of carbonyl (C=O) groups is 4. The van der Waals surface area contributed by atoms with Crippen molar-refractivity contribution in [2.24, 2.45) is 0 Å². The number of nitriles is 1. The highest BCUT2D eigenvalue weighted by molar-refractivity contribution is 6.08. The molecule has 2 heterocycles. The SMILES string of the molecule is CCN1C(=O)[C@@H](NC(=O)c2cccc(C(F)(F)F)c2)[C@@](C)(c2ccc(F)cc2)c2c(C(=O)N(CC#N)CC(=O)OC)nn(-c3ccccc3)c21. The van der Waals surface area contributed by atoms with Gasteiger partial charge >= 0.3 is 12.1 Å². The van der Waals surface area contributed by atoms with Gasteiger partial charge in [-0.2, -0.15) is 23.5 Å². The Bertz CT molecular complexity index is 1990. The van der Waals surface area contributed by atoms with Gasteiger partial charge in [-0.15, -0.1) is 0 Å². The summed E-state index contributed by atoms with van der Waals surface area (Å²) in [7, 11) is 1.11. The summed E-state index contributed by atoms with van der Waals surface area (Å²) < 4.78 is 61.1. The monoisotopic (exact) mass is 690 g/mol. The van der Waals surface area contributed by atoms with E-state index in [2.05, 4.69) is 10.4 Å². The molecule has 3 amide bonds. The lowest BCUT2D eigenvalue weighted by Gasteiger charge is -2.45. The lowest BCUT2D eigenvalue weighted by Crippen LogP contribution is -2.62. The molecule has 1 aliphatic rings. The third-order valence-electron chi connectivity index (χ3n) is 8.51. The van der Waals surface area contributed by atoms with Crippen LogP contribution in [0, 0.1) is 17.1 Å². The molecule has 0 unspecified atom stereocenters. The standard InChI is InChI=1S/C35H30F4N6O5/c1-4-44-31-27(28(42-45(31)25-11-6-5-7-12-25)32(48)43(18-17-40)20-26(46)50-3)34(2,22-13-15-24(36)16-14-22)29(33(44)49)41-30(47)21-9-8-10-23(19-21)35(37,38)39/h5-16,19,29H,4,18,20H2,1-3H3,(H,41,47)/t29-,34+/m1/s1. The number of nitrogens with zero attached hydrogens (tertiary/aromatic N) is 5. The molecular weight excluding hydrogens is 660 g/mol. The molecule has 15 heteroatoms. The van der Waals surface area contributed by atoms with E-state index in [1.54, 1.807) is 37.3 Å². The van der Waals surface area contributed by atoms with Crippen molar-refractivity contribution in [1.82, 2.24) is 20.0 Å². The van der Waals surface area contributed by atoms with Gasteiger partial charge in [0.05, 0.1) is 29.8 Å². The summed E-state index contributed by atoms with van der Waals surface area (Å²) in [5.41, 5.74) is -2.80. The zero-order chi connectivity index (χ0) is 36.4. The third kappa shape index (κ3) is 6.39. The van der Waals surface area contributed by atoms with Gasteiger partial charge in [0.1, 0.15) is 30.8 Å². The highest BCUT2D eigenvalue weighted by Gasteiger charge is 2.55. The summed E-state index contributed by atoms with van der Waals surface area (Å²) in [4.78, 5) is 57.1. The highest BCUT2D eigenvalue weighted by Crippen LogP contribution is 2.48. The first-order valence-electron chi connectivity index (χ1n) is 15.2. The fourth-order valence-electron chi connectivity index (χ4n) is 6.01. The Morgan fingerprint density at radius 1 is 1.06 bits per heavy atom. The molecule has 11 nitrogen and oxygen atoms in total. The van der Waals surface area contributed by atoms with Gasteiger partial charge in [-0.25, -0.2) is 9.07 Å². The minimum Gasteiger partial charge on any atom is -0.468 e. The Morgan fingerprint density at radius 2 is 1.74 bits per heavy atom. The summed E-state index contributed by atoms with van der Waals surface area (Å²) in [5.74, 6) is -3.98. The first-order valence-corrected chi connectivity index (χ1v) is 15.2. The molecule has 1 aliphatic heterocycles. The van der Waals surface area contributed by atoms with E-state index in [1.165, 1.54) is 28.6 Å². The number of likely N-dealkylation sites (N-methyl/N-ethyl adjacent to an activating group) is 1. The fraction of sp³-hybridized carbons (Fsp3) is 0.257. The van der Waals surface area contributed by atoms with Gasteiger partial charge in [0.15, 0.2) is 5.69 Å². The predicted octanol–water partition coefficient (Wildman–Crippen LogP) is 4.64. The number of amides is 3. The van der Waals surface area contributed by atoms with Crippen LogP contribution < -0.4 is 10.2 Å². The van der Waals surface area contributed by atoms with Crippen LogP contribution in [0.25, 0.3) is 5.69 Å². The Labute approximate surface area is 283 Å². The number of hydrogen-bond donors (Lipinski definition) is 1. The summed E-state index contributed by atoms with van der Waals surface area (Å²) >= 11 is 0. The van der Waals surface area contributed by atoms with Crippen LogP contribution in [0.3, 0.4) is 0 Å². The van der Waals surface area contributed by atoms with Crippen LogP contribution in [0.1, 0.15) is 51.4 Å². The van der Waals surface area contributed by atoms with Gasteiger partial charge in [-0.1, -0.05) is 36.4 Å². The van der Waals surface area contributed by atoms with E-state index in [0.717, 1.165) is 42.3 Å². The van der Waals surface area contributed by atoms with E-state index in [-0.39, 0.29) is 29.2 Å². The van der Waals surface area contributed by atoms with Crippen LogP contribution in [0.15, 0.2) is 78.9 Å². The molecular formula is C35H30F4N6O5. The van der Waals surface area contributed by atoms with Crippen LogP contribution in [0.5, 0.6) is 0 Å². The smallest absolute Gasteiger partial charge is 0.416 e. The van der Waals surface area contributed by atoms with Crippen LogP contribution >= 0.6 is 0 Å². The number of carbonyl (C=O) groups excluding carboxylic acids is 4. The van der Waals surface area contributed by atoms with E-state index in [9.17, 15) is 42.0 Å². The predicted molar refractivity (Wildman–Crippen MR) is 171 cm³/mol. The normalized spacial score (nSPS) is 17.0. The molecule has 1 aromatic heterocycles. The molecule has 0 fully saturated rings. The van der Waals surface area contributed by atoms with Crippen molar-refractivity contribution in [1.29, 1.82) is 5.26 Å². The maximum atomic E-state index is 14.6. The van der Waals surface area contributed by atoms with Gasteiger partial charge in [0.2, 0.25) is 0 Å². The van der Waals surface area contributed by atoms with Gasteiger partial charge in [-0.05, 0) is 61.9 Å². The Balaban J connectivity index is 1.81. The van der Waals surface area contributed by atoms with E-state index in [0.29, 0.717) is 11.8 Å². The zero-order valence-corrected chi connectivity index (χ0v) is 27.0. The summed E-state index contributed by atoms with van der Waals surface area (Å²) in [6, 6.07) is 17.3. The van der Waals surface area contributed by atoms with Crippen LogP contribution in [0.4, 0.5) is 23.4 Å². The lowest BCUT2D eigenvalue weighted by molar-refractivity contribution is -0.141. The molecule has 0 saturated carbocycles. The largest absolute Gasteiger partial charge is 0.468 e. The number of anilines is 1. The summed E-state index contributed by atoms with van der Waals surface area (Å²) in [5, 5.41) is 16.8. The Hall–Kier alpha value is -6.04. The lowest BCUT2D eigenvalue weighted by atomic mass is 9.67. The molecule has 50 heavy (non-hydrogen) atoms. The number of alkyl halides is 3. The number of methoxy groups -OCH3 is 1. The molecule has 4 aromatic rings. The number of fused-ring (bicyclic) bond motifs is 1. The van der Waals surface area contributed by atoms with Crippen LogP contribution in [-0.4, -0.2) is 71.2 Å². The number of hydrogen-bond acceptors (Lipinski definition) is 7. The molecule has 0 spiro atoms. The van der Waals surface area contributed by atoms with E-state index in [4.69, 9.17) is 4.74 Å². The van der Waals surface area contributed by atoms with Crippen molar-refractivity contribution in [2.45, 2.75) is 31.5 Å².